The van der Waals surface area contributed by atoms with Crippen molar-refractivity contribution in [2.45, 2.75) is 0 Å². The number of halogens is 6. The number of phenols is 2. The molecule has 0 aliphatic heterocycles. The molecule has 8 heteroatoms. The van der Waals surface area contributed by atoms with Crippen LogP contribution in [0.3, 0.4) is 0 Å². The Balaban J connectivity index is 3.22. The fourth-order valence-corrected chi connectivity index (χ4v) is 7.05. The van der Waals surface area contributed by atoms with Gasteiger partial charge >= 0.3 is 0 Å². The fraction of sp³-hybridized carbons (Fsp3) is 0. The summed E-state index contributed by atoms with van der Waals surface area (Å²) in [5, 5.41) is 22.0. The van der Waals surface area contributed by atoms with Crippen molar-refractivity contribution in [3.63, 3.8) is 0 Å². The molecule has 0 saturated heterocycles. The molecule has 2 aromatic rings. The van der Waals surface area contributed by atoms with E-state index in [1.54, 1.807) is 0 Å². The highest BCUT2D eigenvalue weighted by Gasteiger charge is 2.23. The van der Waals surface area contributed by atoms with Crippen LogP contribution in [0.15, 0.2) is 0 Å². The minimum atomic E-state index is -0.0294. The molecule has 0 aliphatic rings. The second-order valence-corrected chi connectivity index (χ2v) is 9.80. The van der Waals surface area contributed by atoms with Gasteiger partial charge in [-0.25, -0.2) is 0 Å². The average molecular weight is 916 g/mol. The summed E-state index contributed by atoms with van der Waals surface area (Å²) >= 11 is 13.4. The molecule has 0 atom stereocenters. The summed E-state index contributed by atoms with van der Waals surface area (Å²) in [4.78, 5) is 0. The molecule has 2 nitrogen and oxygen atoms in total. The Morgan fingerprint density at radius 3 is 1.33 bits per heavy atom. The van der Waals surface area contributed by atoms with Crippen LogP contribution in [-0.2, 0) is 0 Å². The third-order valence-electron chi connectivity index (χ3n) is 2.35. The van der Waals surface area contributed by atoms with Crippen molar-refractivity contribution in [1.82, 2.24) is 0 Å². The third-order valence-corrected chi connectivity index (χ3v) is 12.9. The first kappa shape index (κ1) is 17.0. The van der Waals surface area contributed by atoms with Gasteiger partial charge in [-0.15, -0.1) is 0 Å². The van der Waals surface area contributed by atoms with E-state index in [-0.39, 0.29) is 11.5 Å². The van der Waals surface area contributed by atoms with E-state index in [4.69, 9.17) is 0 Å². The van der Waals surface area contributed by atoms with Gasteiger partial charge in [-0.05, 0) is 136 Å². The van der Waals surface area contributed by atoms with Crippen molar-refractivity contribution >= 4 is 146 Å². The van der Waals surface area contributed by atoms with E-state index in [2.05, 4.69) is 136 Å². The minimum Gasteiger partial charge on any atom is -0.504 e. The Morgan fingerprint density at radius 1 is 0.444 bits per heavy atom. The molecule has 2 aromatic carbocycles. The lowest BCUT2D eigenvalue weighted by atomic mass is 10.1. The maximum absolute atomic E-state index is 10.2. The molecule has 0 unspecified atom stereocenters. The van der Waals surface area contributed by atoms with Gasteiger partial charge in [0.1, 0.15) is 0 Å². The summed E-state index contributed by atoms with van der Waals surface area (Å²) in [6.45, 7) is 0. The summed E-state index contributed by atoms with van der Waals surface area (Å²) in [6.07, 6.45) is 0. The smallest absolute Gasteiger partial charge is 0.172 e. The Bertz CT molecular complexity index is 569. The average Bonchev–Trinajstić information content (AvgIpc) is 2.35. The Kier molecular flexibility index (Phi) is 6.09. The van der Waals surface area contributed by atoms with Crippen molar-refractivity contribution in [2.24, 2.45) is 0 Å². The standard InChI is InChI=1S/C10H2I6O2/c11-3-1-2(5(13)7(15)6(3)14)9(17)10(18)8(16)4(1)12/h17-18H. The van der Waals surface area contributed by atoms with E-state index < -0.39 is 0 Å². The second kappa shape index (κ2) is 6.43. The monoisotopic (exact) mass is 915 g/mol. The maximum Gasteiger partial charge on any atom is 0.172 e. The van der Waals surface area contributed by atoms with E-state index in [0.717, 1.165) is 25.1 Å². The molecule has 2 rings (SSSR count). The number of benzene rings is 2. The number of rotatable bonds is 0. The predicted octanol–water partition coefficient (Wildman–Crippen LogP) is 5.88. The van der Waals surface area contributed by atoms with Crippen molar-refractivity contribution in [3.8, 4) is 11.5 Å². The topological polar surface area (TPSA) is 40.5 Å². The van der Waals surface area contributed by atoms with Crippen LogP contribution in [0.5, 0.6) is 11.5 Å². The highest BCUT2D eigenvalue weighted by atomic mass is 127. The fourth-order valence-electron chi connectivity index (χ4n) is 1.50. The number of fused-ring (bicyclic) bond motifs is 1. The first-order valence-electron chi connectivity index (χ1n) is 4.33. The summed E-state index contributed by atoms with van der Waals surface area (Å²) < 4.78 is 6.07. The normalized spacial score (nSPS) is 11.2. The summed E-state index contributed by atoms with van der Waals surface area (Å²) in [5.74, 6) is -0.0512. The third kappa shape index (κ3) is 2.68. The molecule has 2 N–H and O–H groups in total. The molecule has 0 saturated carbocycles. The molecule has 0 bridgehead atoms. The molecule has 0 aromatic heterocycles. The van der Waals surface area contributed by atoms with Crippen LogP contribution in [0, 0.1) is 21.4 Å². The summed E-state index contributed by atoms with van der Waals surface area (Å²) in [7, 11) is 0. The molecule has 0 amide bonds. The molecule has 0 heterocycles. The first-order chi connectivity index (χ1) is 8.29. The zero-order valence-electron chi connectivity index (χ0n) is 8.16. The van der Waals surface area contributed by atoms with Gasteiger partial charge in [-0.1, -0.05) is 0 Å². The van der Waals surface area contributed by atoms with Crippen LogP contribution in [0.2, 0.25) is 0 Å². The lowest BCUT2D eigenvalue weighted by Crippen LogP contribution is -1.98. The van der Waals surface area contributed by atoms with Gasteiger partial charge < -0.3 is 10.2 Å². The van der Waals surface area contributed by atoms with Crippen molar-refractivity contribution in [1.29, 1.82) is 0 Å². The van der Waals surface area contributed by atoms with Gasteiger partial charge in [0.15, 0.2) is 11.5 Å². The van der Waals surface area contributed by atoms with E-state index in [1.165, 1.54) is 3.57 Å². The highest BCUT2D eigenvalue weighted by Crippen LogP contribution is 2.47. The minimum absolute atomic E-state index is 0.0218. The zero-order chi connectivity index (χ0) is 13.8. The Labute approximate surface area is 185 Å². The SMILES string of the molecule is Oc1c(I)c(I)c2c(I)c(I)c(I)c(I)c2c1O. The van der Waals surface area contributed by atoms with Gasteiger partial charge in [0, 0.05) is 28.6 Å². The van der Waals surface area contributed by atoms with Gasteiger partial charge in [-0.2, -0.15) is 0 Å². The Hall–Kier alpha value is 2.68. The molecule has 0 aliphatic carbocycles. The van der Waals surface area contributed by atoms with Crippen molar-refractivity contribution in [2.75, 3.05) is 0 Å². The van der Waals surface area contributed by atoms with Gasteiger partial charge in [0.25, 0.3) is 0 Å². The largest absolute Gasteiger partial charge is 0.504 e. The van der Waals surface area contributed by atoms with Crippen LogP contribution in [0.4, 0.5) is 0 Å². The van der Waals surface area contributed by atoms with Gasteiger partial charge in [-0.3, -0.25) is 0 Å². The molecular formula is C10H2I6O2. The molecule has 0 fully saturated rings. The maximum atomic E-state index is 10.2. The van der Waals surface area contributed by atoms with Crippen molar-refractivity contribution in [3.05, 3.63) is 21.4 Å². The summed E-state index contributed by atoms with van der Waals surface area (Å²) in [6, 6.07) is 0. The number of hydrogen-bond acceptors (Lipinski definition) is 2. The van der Waals surface area contributed by atoms with Crippen LogP contribution in [0.1, 0.15) is 0 Å². The van der Waals surface area contributed by atoms with E-state index in [0.29, 0.717) is 3.57 Å². The van der Waals surface area contributed by atoms with E-state index >= 15 is 0 Å². The Morgan fingerprint density at radius 2 is 0.833 bits per heavy atom. The lowest BCUT2D eigenvalue weighted by Gasteiger charge is -2.15. The van der Waals surface area contributed by atoms with Crippen LogP contribution in [-0.4, -0.2) is 10.2 Å². The molecular weight excluding hydrogens is 914 g/mol. The zero-order valence-corrected chi connectivity index (χ0v) is 21.1. The first-order valence-corrected chi connectivity index (χ1v) is 10.8. The summed E-state index contributed by atoms with van der Waals surface area (Å²) in [5.41, 5.74) is 0. The number of phenolic OH excluding ortho intramolecular Hbond substituents is 2. The molecule has 0 spiro atoms. The van der Waals surface area contributed by atoms with E-state index in [1.807, 2.05) is 0 Å². The van der Waals surface area contributed by atoms with Crippen LogP contribution < -0.4 is 0 Å². The van der Waals surface area contributed by atoms with Gasteiger partial charge in [0.05, 0.1) is 3.57 Å². The predicted molar refractivity (Wildman–Crippen MR) is 124 cm³/mol. The molecule has 96 valence electrons. The van der Waals surface area contributed by atoms with E-state index in [9.17, 15) is 10.2 Å². The van der Waals surface area contributed by atoms with Crippen molar-refractivity contribution < 1.29 is 10.2 Å². The second-order valence-electron chi connectivity index (χ2n) is 3.33. The molecule has 0 radical (unpaired) electrons. The number of hydrogen-bond donors (Lipinski definition) is 2. The molecule has 18 heavy (non-hydrogen) atoms. The highest BCUT2D eigenvalue weighted by molar-refractivity contribution is 14.1. The quantitative estimate of drug-likeness (QED) is 0.150. The van der Waals surface area contributed by atoms with Gasteiger partial charge in [0.2, 0.25) is 0 Å². The van der Waals surface area contributed by atoms with Crippen LogP contribution >= 0.6 is 136 Å². The van der Waals surface area contributed by atoms with Crippen LogP contribution in [0.25, 0.3) is 10.8 Å². The lowest BCUT2D eigenvalue weighted by molar-refractivity contribution is 0.405. The number of aromatic hydroxyl groups is 2.